The summed E-state index contributed by atoms with van der Waals surface area (Å²) >= 11 is 1.69. The van der Waals surface area contributed by atoms with Gasteiger partial charge in [0.1, 0.15) is 11.9 Å². The van der Waals surface area contributed by atoms with Crippen LogP contribution in [0, 0.1) is 6.92 Å². The van der Waals surface area contributed by atoms with Gasteiger partial charge in [0.05, 0.1) is 24.3 Å². The summed E-state index contributed by atoms with van der Waals surface area (Å²) in [5.41, 5.74) is 11.9. The number of hydrazine groups is 2. The number of likely N-dealkylation sites (N-methyl/N-ethyl adjacent to an activating group) is 1. The monoisotopic (exact) mass is 617 g/mol. The summed E-state index contributed by atoms with van der Waals surface area (Å²) < 4.78 is 7.43. The largest absolute Gasteiger partial charge is 0.487 e. The summed E-state index contributed by atoms with van der Waals surface area (Å²) in [7, 11) is 4.06. The van der Waals surface area contributed by atoms with Gasteiger partial charge in [-0.1, -0.05) is 13.0 Å². The lowest BCUT2D eigenvalue weighted by Crippen LogP contribution is -2.40. The molecule has 2 atom stereocenters. The van der Waals surface area contributed by atoms with E-state index < -0.39 is 5.97 Å². The van der Waals surface area contributed by atoms with Gasteiger partial charge in [-0.25, -0.2) is 4.98 Å². The average Bonchev–Trinajstić information content (AvgIpc) is 3.59. The maximum absolute atomic E-state index is 12.3. The first kappa shape index (κ1) is 30.1. The average molecular weight is 618 g/mol. The van der Waals surface area contributed by atoms with E-state index in [9.17, 15) is 14.7 Å². The van der Waals surface area contributed by atoms with E-state index in [0.29, 0.717) is 19.6 Å². The molecular weight excluding hydrogens is 578 g/mol. The number of pyridine rings is 2. The van der Waals surface area contributed by atoms with Crippen molar-refractivity contribution in [3.63, 3.8) is 0 Å². The lowest BCUT2D eigenvalue weighted by molar-refractivity contribution is -0.137. The first-order valence-corrected chi connectivity index (χ1v) is 15.8. The highest BCUT2D eigenvalue weighted by Gasteiger charge is 2.29. The predicted octanol–water partition coefficient (Wildman–Crippen LogP) is 4.29. The van der Waals surface area contributed by atoms with E-state index in [1.54, 1.807) is 17.4 Å². The number of ether oxygens (including phenoxy) is 1. The topological polar surface area (TPSA) is 126 Å². The van der Waals surface area contributed by atoms with E-state index >= 15 is 0 Å². The van der Waals surface area contributed by atoms with Crippen molar-refractivity contribution >= 4 is 38.9 Å². The van der Waals surface area contributed by atoms with Gasteiger partial charge in [-0.2, -0.15) is 0 Å². The highest BCUT2D eigenvalue weighted by Crippen LogP contribution is 2.40. The van der Waals surface area contributed by atoms with Crippen LogP contribution in [0.25, 0.3) is 10.1 Å². The Labute approximate surface area is 260 Å². The fourth-order valence-electron chi connectivity index (χ4n) is 6.13. The molecule has 5 heterocycles. The normalized spacial score (nSPS) is 17.2. The zero-order valence-corrected chi connectivity index (χ0v) is 26.3. The number of benzene rings is 1. The van der Waals surface area contributed by atoms with Crippen LogP contribution in [-0.4, -0.2) is 70.7 Å². The Kier molecular flexibility index (Phi) is 8.59. The van der Waals surface area contributed by atoms with E-state index in [1.807, 2.05) is 32.2 Å². The standard InChI is InChI=1S/C32H39N7O4S/c1-5-23-17-38(18-26-27(43-23)6-7-28(40)34-26)16-22-13-21(12-20-8-11-44-31(20)22)24(14-29(41)42)25-15-33-32-30(19(25)2)35-36-39(32)10-9-37(3)4/h6-8,11-13,15,23-24,35-36H,5,9-10,14,16-18H2,1-4H3,(H,34,40)(H,41,42)/t23-,24+/m1/s1. The van der Waals surface area contributed by atoms with Crippen molar-refractivity contribution in [2.24, 2.45) is 0 Å². The number of hydrogen-bond donors (Lipinski definition) is 4. The molecule has 44 heavy (non-hydrogen) atoms. The summed E-state index contributed by atoms with van der Waals surface area (Å²) in [5, 5.41) is 15.2. The number of aliphatic carboxylic acids is 1. The van der Waals surface area contributed by atoms with Gasteiger partial charge >= 0.3 is 5.97 Å². The van der Waals surface area contributed by atoms with Crippen LogP contribution in [-0.2, 0) is 17.9 Å². The number of H-pyrrole nitrogens is 1. The van der Waals surface area contributed by atoms with E-state index in [0.717, 1.165) is 70.1 Å². The van der Waals surface area contributed by atoms with E-state index in [4.69, 9.17) is 9.72 Å². The van der Waals surface area contributed by atoms with Crippen LogP contribution in [0.5, 0.6) is 5.75 Å². The lowest BCUT2D eigenvalue weighted by Gasteiger charge is -2.25. The van der Waals surface area contributed by atoms with Crippen LogP contribution >= 0.6 is 11.3 Å². The van der Waals surface area contributed by atoms with Crippen molar-refractivity contribution < 1.29 is 14.6 Å². The lowest BCUT2D eigenvalue weighted by atomic mass is 9.85. The van der Waals surface area contributed by atoms with E-state index in [2.05, 4.69) is 56.2 Å². The molecule has 4 N–H and O–H groups in total. The second-order valence-electron chi connectivity index (χ2n) is 11.9. The van der Waals surface area contributed by atoms with Gasteiger partial charge in [0, 0.05) is 49.1 Å². The molecule has 0 unspecified atom stereocenters. The van der Waals surface area contributed by atoms with Crippen LogP contribution in [0.15, 0.2) is 46.7 Å². The number of aromatic nitrogens is 2. The fourth-order valence-corrected chi connectivity index (χ4v) is 7.02. The third kappa shape index (κ3) is 6.16. The summed E-state index contributed by atoms with van der Waals surface area (Å²) in [6, 6.07) is 9.65. The van der Waals surface area contributed by atoms with Gasteiger partial charge in [-0.15, -0.1) is 16.9 Å². The minimum Gasteiger partial charge on any atom is -0.487 e. The Hall–Kier alpha value is -3.97. The van der Waals surface area contributed by atoms with Crippen LogP contribution in [0.1, 0.15) is 53.6 Å². The van der Waals surface area contributed by atoms with Crippen LogP contribution in [0.4, 0.5) is 11.5 Å². The Balaban J connectivity index is 1.36. The summed E-state index contributed by atoms with van der Waals surface area (Å²) in [6.45, 7) is 7.62. The highest BCUT2D eigenvalue weighted by atomic mass is 32.1. The number of carboxylic acids is 1. The Morgan fingerprint density at radius 3 is 2.89 bits per heavy atom. The molecule has 3 aromatic heterocycles. The molecule has 0 saturated heterocycles. The summed E-state index contributed by atoms with van der Waals surface area (Å²) in [4.78, 5) is 36.6. The van der Waals surface area contributed by atoms with Crippen LogP contribution in [0.3, 0.4) is 0 Å². The third-order valence-electron chi connectivity index (χ3n) is 8.45. The maximum atomic E-state index is 12.3. The number of hydrogen-bond acceptors (Lipinski definition) is 10. The highest BCUT2D eigenvalue weighted by molar-refractivity contribution is 7.17. The van der Waals surface area contributed by atoms with Crippen LogP contribution < -0.4 is 26.3 Å². The molecular formula is C32H39N7O4S. The molecule has 0 bridgehead atoms. The smallest absolute Gasteiger partial charge is 0.304 e. The number of nitrogens with zero attached hydrogens (tertiary/aromatic N) is 4. The fraction of sp³-hybridized carbons (Fsp3) is 0.406. The maximum Gasteiger partial charge on any atom is 0.304 e. The Morgan fingerprint density at radius 1 is 1.27 bits per heavy atom. The molecule has 11 nitrogen and oxygen atoms in total. The zero-order chi connectivity index (χ0) is 31.0. The van der Waals surface area contributed by atoms with E-state index in [1.165, 1.54) is 10.8 Å². The summed E-state index contributed by atoms with van der Waals surface area (Å²) in [5.74, 6) is 0.275. The summed E-state index contributed by atoms with van der Waals surface area (Å²) in [6.07, 6.45) is 2.60. The first-order chi connectivity index (χ1) is 21.2. The quantitative estimate of drug-likeness (QED) is 0.205. The number of thiophene rings is 1. The van der Waals surface area contributed by atoms with Crippen molar-refractivity contribution in [1.82, 2.24) is 25.3 Å². The molecule has 2 aliphatic rings. The molecule has 1 aromatic carbocycles. The van der Waals surface area contributed by atoms with Gasteiger partial charge in [-0.05, 0) is 78.7 Å². The number of fused-ring (bicyclic) bond motifs is 3. The molecule has 0 spiro atoms. The molecule has 0 fully saturated rings. The number of nitrogens with one attached hydrogen (secondary N) is 3. The van der Waals surface area contributed by atoms with Crippen molar-refractivity contribution in [2.45, 2.75) is 51.8 Å². The molecule has 12 heteroatoms. The molecule has 6 rings (SSSR count). The molecule has 4 aromatic rings. The van der Waals surface area contributed by atoms with Gasteiger partial charge in [0.15, 0.2) is 5.82 Å². The second-order valence-corrected chi connectivity index (χ2v) is 12.8. The number of carbonyl (C=O) groups is 1. The van der Waals surface area contributed by atoms with Crippen molar-refractivity contribution in [3.05, 3.63) is 80.2 Å². The van der Waals surface area contributed by atoms with Gasteiger partial charge < -0.3 is 19.7 Å². The van der Waals surface area contributed by atoms with Crippen molar-refractivity contribution in [2.75, 3.05) is 44.2 Å². The zero-order valence-electron chi connectivity index (χ0n) is 25.5. The minimum atomic E-state index is -0.864. The SMILES string of the molecule is CC[C@@H]1CN(Cc2cc([C@H](CC(=O)O)c3cnc4c(c3C)NNN4CCN(C)C)cc3ccsc23)Cc2[nH]c(=O)ccc2O1. The Bertz CT molecular complexity index is 1740. The van der Waals surface area contributed by atoms with Gasteiger partial charge in [0.2, 0.25) is 5.56 Å². The van der Waals surface area contributed by atoms with Crippen LogP contribution in [0.2, 0.25) is 0 Å². The number of anilines is 2. The molecule has 0 saturated carbocycles. The Morgan fingerprint density at radius 2 is 2.11 bits per heavy atom. The molecule has 232 valence electrons. The molecule has 0 amide bonds. The van der Waals surface area contributed by atoms with Gasteiger partial charge in [-0.3, -0.25) is 24.9 Å². The molecule has 2 aliphatic heterocycles. The second kappa shape index (κ2) is 12.6. The number of aromatic amines is 1. The third-order valence-corrected chi connectivity index (χ3v) is 9.46. The van der Waals surface area contributed by atoms with Crippen molar-refractivity contribution in [1.29, 1.82) is 0 Å². The first-order valence-electron chi connectivity index (χ1n) is 15.0. The molecule has 0 radical (unpaired) electrons. The number of rotatable bonds is 10. The van der Waals surface area contributed by atoms with E-state index in [-0.39, 0.29) is 24.0 Å². The minimum absolute atomic E-state index is 0.0116. The predicted molar refractivity (Wildman–Crippen MR) is 173 cm³/mol. The van der Waals surface area contributed by atoms with Gasteiger partial charge in [0.25, 0.3) is 0 Å². The molecule has 0 aliphatic carbocycles. The van der Waals surface area contributed by atoms with Crippen molar-refractivity contribution in [3.8, 4) is 5.75 Å². The number of carboxylic acid groups (broad SMARTS) is 1.